The van der Waals surface area contributed by atoms with Gasteiger partial charge in [-0.1, -0.05) is 6.08 Å². The van der Waals surface area contributed by atoms with Gasteiger partial charge in [0.05, 0.1) is 0 Å². The van der Waals surface area contributed by atoms with Crippen LogP contribution >= 0.6 is 0 Å². The van der Waals surface area contributed by atoms with E-state index in [1.807, 2.05) is 4.90 Å². The molecule has 1 heterocycles. The molecule has 0 aromatic heterocycles. The van der Waals surface area contributed by atoms with Crippen molar-refractivity contribution < 1.29 is 18.3 Å². The van der Waals surface area contributed by atoms with E-state index in [1.165, 1.54) is 0 Å². The second kappa shape index (κ2) is 3.90. The summed E-state index contributed by atoms with van der Waals surface area (Å²) in [5, 5.41) is 9.32. The Morgan fingerprint density at radius 3 is 2.21 bits per heavy atom. The van der Waals surface area contributed by atoms with E-state index >= 15 is 0 Å². The van der Waals surface area contributed by atoms with Gasteiger partial charge in [-0.3, -0.25) is 4.90 Å². The molecule has 0 saturated carbocycles. The highest BCUT2D eigenvalue weighted by Crippen LogP contribution is 2.38. The molecule has 0 amide bonds. The zero-order valence-corrected chi connectivity index (χ0v) is 7.85. The molecule has 1 aliphatic rings. The molecule has 0 aromatic rings. The van der Waals surface area contributed by atoms with Crippen LogP contribution in [-0.2, 0) is 0 Å². The van der Waals surface area contributed by atoms with Gasteiger partial charge in [0.2, 0.25) is 0 Å². The topological polar surface area (TPSA) is 23.5 Å². The third-order valence-corrected chi connectivity index (χ3v) is 2.60. The number of halogens is 3. The molecule has 0 aliphatic carbocycles. The summed E-state index contributed by atoms with van der Waals surface area (Å²) in [5.41, 5.74) is -2.48. The van der Waals surface area contributed by atoms with Crippen LogP contribution < -0.4 is 0 Å². The van der Waals surface area contributed by atoms with Crippen LogP contribution in [0.4, 0.5) is 13.2 Å². The normalized spacial score (nSPS) is 23.4. The van der Waals surface area contributed by atoms with E-state index in [1.54, 1.807) is 6.08 Å². The molecule has 5 heteroatoms. The lowest BCUT2D eigenvalue weighted by atomic mass is 9.91. The fraction of sp³-hybridized carbons (Fsp3) is 0.778. The molecule has 1 saturated heterocycles. The fourth-order valence-electron chi connectivity index (χ4n) is 1.57. The van der Waals surface area contributed by atoms with Crippen LogP contribution in [0.15, 0.2) is 12.7 Å². The van der Waals surface area contributed by atoms with E-state index in [0.717, 1.165) is 0 Å². The number of hydrogen-bond acceptors (Lipinski definition) is 2. The first-order valence-electron chi connectivity index (χ1n) is 4.51. The SMILES string of the molecule is C=CCN1CCC(O)(C(F)(F)F)CC1. The lowest BCUT2D eigenvalue weighted by Crippen LogP contribution is -2.53. The summed E-state index contributed by atoms with van der Waals surface area (Å²) in [4.78, 5) is 1.84. The summed E-state index contributed by atoms with van der Waals surface area (Å²) in [5.74, 6) is 0. The molecule has 82 valence electrons. The summed E-state index contributed by atoms with van der Waals surface area (Å²) in [7, 11) is 0. The summed E-state index contributed by atoms with van der Waals surface area (Å²) in [6.45, 7) is 4.62. The Kier molecular flexibility index (Phi) is 3.21. The molecule has 0 unspecified atom stereocenters. The highest BCUT2D eigenvalue weighted by molar-refractivity contribution is 4.92. The Hall–Kier alpha value is -0.550. The molecular formula is C9H14F3NO. The number of aliphatic hydroxyl groups is 1. The summed E-state index contributed by atoms with van der Waals surface area (Å²) < 4.78 is 37.0. The first-order chi connectivity index (χ1) is 6.39. The predicted molar refractivity (Wildman–Crippen MR) is 46.9 cm³/mol. The Morgan fingerprint density at radius 1 is 1.36 bits per heavy atom. The van der Waals surface area contributed by atoms with Gasteiger partial charge in [0.25, 0.3) is 0 Å². The van der Waals surface area contributed by atoms with Gasteiger partial charge in [0, 0.05) is 19.6 Å². The molecule has 1 N–H and O–H groups in total. The van der Waals surface area contributed by atoms with Gasteiger partial charge in [0.1, 0.15) is 0 Å². The number of rotatable bonds is 2. The van der Waals surface area contributed by atoms with E-state index in [2.05, 4.69) is 6.58 Å². The minimum absolute atomic E-state index is 0.246. The maximum Gasteiger partial charge on any atom is 0.417 e. The standard InChI is InChI=1S/C9H14F3NO/c1-2-5-13-6-3-8(14,4-7-13)9(10,11)12/h2,14H,1,3-7H2. The third kappa shape index (κ3) is 2.27. The molecule has 0 atom stereocenters. The van der Waals surface area contributed by atoms with Gasteiger partial charge in [-0.25, -0.2) is 0 Å². The fourth-order valence-corrected chi connectivity index (χ4v) is 1.57. The first-order valence-corrected chi connectivity index (χ1v) is 4.51. The van der Waals surface area contributed by atoms with Crippen molar-refractivity contribution >= 4 is 0 Å². The van der Waals surface area contributed by atoms with Gasteiger partial charge in [-0.15, -0.1) is 6.58 Å². The van der Waals surface area contributed by atoms with E-state index in [4.69, 9.17) is 0 Å². The molecule has 0 aromatic carbocycles. The smallest absolute Gasteiger partial charge is 0.380 e. The van der Waals surface area contributed by atoms with Crippen molar-refractivity contribution in [2.75, 3.05) is 19.6 Å². The lowest BCUT2D eigenvalue weighted by Gasteiger charge is -2.38. The van der Waals surface area contributed by atoms with Crippen LogP contribution in [0, 0.1) is 0 Å². The average Bonchev–Trinajstić information content (AvgIpc) is 2.08. The van der Waals surface area contributed by atoms with E-state index < -0.39 is 11.8 Å². The lowest BCUT2D eigenvalue weighted by molar-refractivity contribution is -0.272. The van der Waals surface area contributed by atoms with Crippen molar-refractivity contribution in [1.29, 1.82) is 0 Å². The quantitative estimate of drug-likeness (QED) is 0.698. The maximum atomic E-state index is 12.3. The summed E-state index contributed by atoms with van der Waals surface area (Å²) >= 11 is 0. The van der Waals surface area contributed by atoms with Gasteiger partial charge in [-0.05, 0) is 12.8 Å². The minimum atomic E-state index is -4.51. The van der Waals surface area contributed by atoms with Crippen LogP contribution in [0.2, 0.25) is 0 Å². The minimum Gasteiger partial charge on any atom is -0.380 e. The van der Waals surface area contributed by atoms with Gasteiger partial charge in [-0.2, -0.15) is 13.2 Å². The Bertz CT molecular complexity index is 207. The van der Waals surface area contributed by atoms with Crippen molar-refractivity contribution in [3.05, 3.63) is 12.7 Å². The molecule has 0 radical (unpaired) electrons. The molecule has 0 bridgehead atoms. The van der Waals surface area contributed by atoms with Crippen molar-refractivity contribution in [2.24, 2.45) is 0 Å². The number of likely N-dealkylation sites (tertiary alicyclic amines) is 1. The van der Waals surface area contributed by atoms with Crippen LogP contribution in [0.5, 0.6) is 0 Å². The Balaban J connectivity index is 2.53. The van der Waals surface area contributed by atoms with Crippen molar-refractivity contribution in [3.8, 4) is 0 Å². The number of nitrogens with zero attached hydrogens (tertiary/aromatic N) is 1. The highest BCUT2D eigenvalue weighted by atomic mass is 19.4. The predicted octanol–water partition coefficient (Wildman–Crippen LogP) is 1.56. The second-order valence-electron chi connectivity index (χ2n) is 3.62. The number of alkyl halides is 3. The third-order valence-electron chi connectivity index (χ3n) is 2.60. The van der Waals surface area contributed by atoms with Crippen molar-refractivity contribution in [3.63, 3.8) is 0 Å². The monoisotopic (exact) mass is 209 g/mol. The number of piperidine rings is 1. The number of hydrogen-bond donors (Lipinski definition) is 1. The highest BCUT2D eigenvalue weighted by Gasteiger charge is 2.54. The molecule has 1 rings (SSSR count). The first kappa shape index (κ1) is 11.5. The van der Waals surface area contributed by atoms with Crippen molar-refractivity contribution in [1.82, 2.24) is 4.90 Å². The average molecular weight is 209 g/mol. The van der Waals surface area contributed by atoms with Gasteiger partial charge >= 0.3 is 6.18 Å². The van der Waals surface area contributed by atoms with Gasteiger partial charge < -0.3 is 5.11 Å². The maximum absolute atomic E-state index is 12.3. The van der Waals surface area contributed by atoms with E-state index in [9.17, 15) is 18.3 Å². The van der Waals surface area contributed by atoms with Crippen molar-refractivity contribution in [2.45, 2.75) is 24.6 Å². The summed E-state index contributed by atoms with van der Waals surface area (Å²) in [6.07, 6.45) is -3.35. The Labute approximate surface area is 81.0 Å². The van der Waals surface area contributed by atoms with Gasteiger partial charge in [0.15, 0.2) is 5.60 Å². The van der Waals surface area contributed by atoms with Crippen LogP contribution in [0.3, 0.4) is 0 Å². The molecule has 2 nitrogen and oxygen atoms in total. The van der Waals surface area contributed by atoms with Crippen LogP contribution in [-0.4, -0.2) is 41.4 Å². The molecular weight excluding hydrogens is 195 g/mol. The zero-order chi connectivity index (χ0) is 10.8. The molecule has 0 spiro atoms. The molecule has 1 fully saturated rings. The second-order valence-corrected chi connectivity index (χ2v) is 3.62. The van der Waals surface area contributed by atoms with Crippen LogP contribution in [0.1, 0.15) is 12.8 Å². The van der Waals surface area contributed by atoms with E-state index in [0.29, 0.717) is 6.54 Å². The largest absolute Gasteiger partial charge is 0.417 e. The summed E-state index contributed by atoms with van der Waals surface area (Å²) in [6, 6.07) is 0. The Morgan fingerprint density at radius 2 is 1.86 bits per heavy atom. The zero-order valence-electron chi connectivity index (χ0n) is 7.85. The molecule has 1 aliphatic heterocycles. The molecule has 14 heavy (non-hydrogen) atoms. The van der Waals surface area contributed by atoms with E-state index in [-0.39, 0.29) is 25.9 Å². The van der Waals surface area contributed by atoms with Crippen LogP contribution in [0.25, 0.3) is 0 Å².